The van der Waals surface area contributed by atoms with Crippen LogP contribution in [0.25, 0.3) is 6.08 Å². The molecule has 2 aromatic heterocycles. The topological polar surface area (TPSA) is 74.2 Å². The van der Waals surface area contributed by atoms with Gasteiger partial charge in [0.2, 0.25) is 5.91 Å². The quantitative estimate of drug-likeness (QED) is 0.663. The van der Waals surface area contributed by atoms with Crippen molar-refractivity contribution in [2.24, 2.45) is 0 Å². The molecule has 1 aliphatic rings. The van der Waals surface area contributed by atoms with Crippen LogP contribution in [0.15, 0.2) is 67.1 Å². The summed E-state index contributed by atoms with van der Waals surface area (Å²) < 4.78 is 0. The number of nitrogens with one attached hydrogen (secondary N) is 1. The third-order valence-corrected chi connectivity index (χ3v) is 4.96. The number of amides is 1. The second kappa shape index (κ2) is 9.17. The molecule has 7 nitrogen and oxygen atoms in total. The zero-order valence-corrected chi connectivity index (χ0v) is 16.9. The van der Waals surface area contributed by atoms with Crippen molar-refractivity contribution in [2.75, 3.05) is 36.4 Å². The normalized spacial score (nSPS) is 14.2. The van der Waals surface area contributed by atoms with E-state index in [2.05, 4.69) is 25.2 Å². The molecule has 0 atom stereocenters. The van der Waals surface area contributed by atoms with Crippen molar-refractivity contribution in [3.05, 3.63) is 78.3 Å². The maximum atomic E-state index is 12.5. The van der Waals surface area contributed by atoms with Crippen molar-refractivity contribution in [3.8, 4) is 0 Å². The number of pyridine rings is 1. The number of hydrogen-bond donors (Lipinski definition) is 1. The highest BCUT2D eigenvalue weighted by Gasteiger charge is 2.21. The molecular weight excluding hydrogens is 376 g/mol. The van der Waals surface area contributed by atoms with Crippen molar-refractivity contribution in [2.45, 2.75) is 6.92 Å². The summed E-state index contributed by atoms with van der Waals surface area (Å²) in [4.78, 5) is 29.5. The number of carbonyl (C=O) groups excluding carboxylic acids is 1. The molecule has 0 bridgehead atoms. The molecule has 1 fully saturated rings. The Morgan fingerprint density at radius 1 is 0.967 bits per heavy atom. The third-order valence-electron chi connectivity index (χ3n) is 4.96. The number of aryl methyl sites for hydroxylation is 1. The molecular formula is C23H24N6O. The Morgan fingerprint density at radius 2 is 1.73 bits per heavy atom. The Bertz CT molecular complexity index is 1030. The minimum absolute atomic E-state index is 0.0362. The van der Waals surface area contributed by atoms with Gasteiger partial charge in [0.1, 0.15) is 23.8 Å². The standard InChI is InChI=1S/C23H24N6O/c1-18-9-10-24-20(15-18)27-21-16-22(26-17-25-21)28-11-13-29(14-12-28)23(30)8-7-19-5-3-2-4-6-19/h2-10,15-17H,11-14H2,1H3,(H,24,25,26,27)/b8-7+. The predicted molar refractivity (Wildman–Crippen MR) is 119 cm³/mol. The Kier molecular flexibility index (Phi) is 5.98. The number of anilines is 3. The number of piperazine rings is 1. The van der Waals surface area contributed by atoms with Gasteiger partial charge in [0.25, 0.3) is 0 Å². The lowest BCUT2D eigenvalue weighted by atomic mass is 10.2. The van der Waals surface area contributed by atoms with Gasteiger partial charge in [0, 0.05) is 44.5 Å². The van der Waals surface area contributed by atoms with Crippen LogP contribution in [0.1, 0.15) is 11.1 Å². The van der Waals surface area contributed by atoms with E-state index in [-0.39, 0.29) is 5.91 Å². The Labute approximate surface area is 176 Å². The number of carbonyl (C=O) groups is 1. The van der Waals surface area contributed by atoms with Gasteiger partial charge in [0.05, 0.1) is 0 Å². The van der Waals surface area contributed by atoms with Crippen LogP contribution in [0.4, 0.5) is 17.5 Å². The molecule has 30 heavy (non-hydrogen) atoms. The highest BCUT2D eigenvalue weighted by Crippen LogP contribution is 2.19. The predicted octanol–water partition coefficient (Wildman–Crippen LogP) is 3.29. The van der Waals surface area contributed by atoms with E-state index in [1.807, 2.05) is 66.4 Å². The van der Waals surface area contributed by atoms with E-state index in [0.717, 1.165) is 35.9 Å². The first-order chi connectivity index (χ1) is 14.7. The molecule has 1 amide bonds. The highest BCUT2D eigenvalue weighted by molar-refractivity contribution is 5.92. The zero-order chi connectivity index (χ0) is 20.8. The molecule has 3 aromatic rings. The first-order valence-electron chi connectivity index (χ1n) is 9.96. The summed E-state index contributed by atoms with van der Waals surface area (Å²) in [5, 5.41) is 3.22. The zero-order valence-electron chi connectivity index (χ0n) is 16.9. The second-order valence-electron chi connectivity index (χ2n) is 7.16. The number of aromatic nitrogens is 3. The van der Waals surface area contributed by atoms with Gasteiger partial charge in [-0.1, -0.05) is 30.3 Å². The second-order valence-corrected chi connectivity index (χ2v) is 7.16. The summed E-state index contributed by atoms with van der Waals surface area (Å²) in [6.07, 6.45) is 6.82. The van der Waals surface area contributed by atoms with Gasteiger partial charge in [0.15, 0.2) is 0 Å². The van der Waals surface area contributed by atoms with Crippen molar-refractivity contribution in [1.82, 2.24) is 19.9 Å². The van der Waals surface area contributed by atoms with Gasteiger partial charge >= 0.3 is 0 Å². The van der Waals surface area contributed by atoms with Crippen molar-refractivity contribution < 1.29 is 4.79 Å². The van der Waals surface area contributed by atoms with Gasteiger partial charge in [-0.05, 0) is 36.3 Å². The summed E-state index contributed by atoms with van der Waals surface area (Å²) in [5.41, 5.74) is 2.15. The maximum Gasteiger partial charge on any atom is 0.246 e. The summed E-state index contributed by atoms with van der Waals surface area (Å²) in [5.74, 6) is 2.32. The SMILES string of the molecule is Cc1ccnc(Nc2cc(N3CCN(C(=O)/C=C/c4ccccc4)CC3)ncn2)c1. The molecule has 7 heteroatoms. The molecule has 1 aliphatic heterocycles. The fourth-order valence-corrected chi connectivity index (χ4v) is 3.32. The fourth-order valence-electron chi connectivity index (χ4n) is 3.32. The van der Waals surface area contributed by atoms with Crippen LogP contribution in [0.5, 0.6) is 0 Å². The molecule has 0 unspecified atom stereocenters. The number of nitrogens with zero attached hydrogens (tertiary/aromatic N) is 5. The van der Waals surface area contributed by atoms with Crippen LogP contribution < -0.4 is 10.2 Å². The first-order valence-corrected chi connectivity index (χ1v) is 9.96. The van der Waals surface area contributed by atoms with Crippen LogP contribution in [-0.2, 0) is 4.79 Å². The van der Waals surface area contributed by atoms with E-state index >= 15 is 0 Å². The van der Waals surface area contributed by atoms with E-state index in [0.29, 0.717) is 18.9 Å². The van der Waals surface area contributed by atoms with Crippen molar-refractivity contribution >= 4 is 29.4 Å². The van der Waals surface area contributed by atoms with Crippen molar-refractivity contribution in [1.29, 1.82) is 0 Å². The molecule has 1 saturated heterocycles. The lowest BCUT2D eigenvalue weighted by Crippen LogP contribution is -2.48. The third kappa shape index (κ3) is 5.00. The Hall–Kier alpha value is -3.74. The van der Waals surface area contributed by atoms with E-state index in [1.54, 1.807) is 18.6 Å². The smallest absolute Gasteiger partial charge is 0.246 e. The van der Waals surface area contributed by atoms with E-state index in [9.17, 15) is 4.79 Å². The first kappa shape index (κ1) is 19.6. The average Bonchev–Trinajstić information content (AvgIpc) is 2.78. The van der Waals surface area contributed by atoms with E-state index < -0.39 is 0 Å². The summed E-state index contributed by atoms with van der Waals surface area (Å²) >= 11 is 0. The number of hydrogen-bond acceptors (Lipinski definition) is 6. The summed E-state index contributed by atoms with van der Waals surface area (Å²) in [7, 11) is 0. The van der Waals surface area contributed by atoms with Gasteiger partial charge in [-0.25, -0.2) is 15.0 Å². The van der Waals surface area contributed by atoms with Crippen LogP contribution in [0.2, 0.25) is 0 Å². The lowest BCUT2D eigenvalue weighted by molar-refractivity contribution is -0.126. The number of benzene rings is 1. The van der Waals surface area contributed by atoms with Crippen LogP contribution >= 0.6 is 0 Å². The molecule has 0 spiro atoms. The van der Waals surface area contributed by atoms with Crippen LogP contribution in [-0.4, -0.2) is 51.9 Å². The van der Waals surface area contributed by atoms with Crippen molar-refractivity contribution in [3.63, 3.8) is 0 Å². The van der Waals surface area contributed by atoms with E-state index in [1.165, 1.54) is 0 Å². The Balaban J connectivity index is 1.35. The minimum Gasteiger partial charge on any atom is -0.353 e. The molecule has 0 radical (unpaired) electrons. The van der Waals surface area contributed by atoms with Crippen LogP contribution in [0.3, 0.4) is 0 Å². The molecule has 1 aromatic carbocycles. The molecule has 3 heterocycles. The summed E-state index contributed by atoms with van der Waals surface area (Å²) in [6.45, 7) is 4.79. The minimum atomic E-state index is 0.0362. The molecule has 0 aliphatic carbocycles. The number of rotatable bonds is 5. The fraction of sp³-hybridized carbons (Fsp3) is 0.217. The molecule has 152 valence electrons. The van der Waals surface area contributed by atoms with Gasteiger partial charge < -0.3 is 15.1 Å². The van der Waals surface area contributed by atoms with Gasteiger partial charge in [-0.2, -0.15) is 0 Å². The van der Waals surface area contributed by atoms with Crippen LogP contribution in [0, 0.1) is 6.92 Å². The van der Waals surface area contributed by atoms with Gasteiger partial charge in [-0.3, -0.25) is 4.79 Å². The molecule has 0 saturated carbocycles. The maximum absolute atomic E-state index is 12.5. The monoisotopic (exact) mass is 400 g/mol. The summed E-state index contributed by atoms with van der Waals surface area (Å²) in [6, 6.07) is 15.7. The highest BCUT2D eigenvalue weighted by atomic mass is 16.2. The molecule has 1 N–H and O–H groups in total. The Morgan fingerprint density at radius 3 is 2.50 bits per heavy atom. The van der Waals surface area contributed by atoms with E-state index in [4.69, 9.17) is 0 Å². The molecule has 4 rings (SSSR count). The van der Waals surface area contributed by atoms with Gasteiger partial charge in [-0.15, -0.1) is 0 Å². The average molecular weight is 400 g/mol. The lowest BCUT2D eigenvalue weighted by Gasteiger charge is -2.35. The largest absolute Gasteiger partial charge is 0.353 e.